The van der Waals surface area contributed by atoms with E-state index in [2.05, 4.69) is 22.5 Å². The zero-order valence-corrected chi connectivity index (χ0v) is 11.4. The van der Waals surface area contributed by atoms with Crippen molar-refractivity contribution < 1.29 is 4.79 Å². The zero-order chi connectivity index (χ0) is 13.5. The molecule has 0 spiro atoms. The molecule has 4 heteroatoms. The van der Waals surface area contributed by atoms with E-state index in [1.807, 2.05) is 30.3 Å². The molecule has 1 heterocycles. The van der Waals surface area contributed by atoms with Gasteiger partial charge in [0, 0.05) is 25.0 Å². The van der Waals surface area contributed by atoms with Crippen LogP contribution in [-0.4, -0.2) is 35.4 Å². The predicted molar refractivity (Wildman–Crippen MR) is 75.5 cm³/mol. The lowest BCUT2D eigenvalue weighted by atomic mass is 10.0. The minimum Gasteiger partial charge on any atom is -0.349 e. The van der Waals surface area contributed by atoms with Crippen molar-refractivity contribution in [2.75, 3.05) is 13.6 Å². The molecule has 1 atom stereocenters. The molecule has 1 aromatic heterocycles. The summed E-state index contributed by atoms with van der Waals surface area (Å²) in [6.07, 6.45) is 11.2. The van der Waals surface area contributed by atoms with E-state index in [0.29, 0.717) is 6.54 Å². The number of pyridine rings is 1. The first-order chi connectivity index (χ1) is 9.24. The average molecular weight is 259 g/mol. The molecule has 1 amide bonds. The van der Waals surface area contributed by atoms with Gasteiger partial charge in [0.1, 0.15) is 0 Å². The van der Waals surface area contributed by atoms with Crippen molar-refractivity contribution in [1.29, 1.82) is 0 Å². The molecule has 19 heavy (non-hydrogen) atoms. The standard InChI is InChI=1S/C15H21N3O/c1-18(11-13-6-5-9-16-10-13)12-15(19)17-14-7-3-2-4-8-14/h3,5-7,9-10,14H,2,4,8,11-12H2,1H3,(H,17,19)/t14-/m1/s1. The molecule has 4 nitrogen and oxygen atoms in total. The topological polar surface area (TPSA) is 45.2 Å². The Morgan fingerprint density at radius 2 is 2.47 bits per heavy atom. The molecule has 1 aromatic rings. The second-order valence-corrected chi connectivity index (χ2v) is 5.07. The highest BCUT2D eigenvalue weighted by Gasteiger charge is 2.13. The predicted octanol–water partition coefficient (Wildman–Crippen LogP) is 1.74. The molecule has 1 N–H and O–H groups in total. The molecule has 0 saturated carbocycles. The summed E-state index contributed by atoms with van der Waals surface area (Å²) in [6.45, 7) is 1.15. The first-order valence-electron chi connectivity index (χ1n) is 6.77. The van der Waals surface area contributed by atoms with Gasteiger partial charge in [0.05, 0.1) is 6.54 Å². The van der Waals surface area contributed by atoms with Crippen molar-refractivity contribution in [3.05, 3.63) is 42.2 Å². The van der Waals surface area contributed by atoms with Gasteiger partial charge in [0.15, 0.2) is 0 Å². The van der Waals surface area contributed by atoms with Crippen molar-refractivity contribution in [2.45, 2.75) is 31.8 Å². The Labute approximate surface area is 114 Å². The number of hydrogen-bond acceptors (Lipinski definition) is 3. The van der Waals surface area contributed by atoms with Crippen LogP contribution in [0.5, 0.6) is 0 Å². The molecular formula is C15H21N3O. The number of rotatable bonds is 5. The number of nitrogens with one attached hydrogen (secondary N) is 1. The van der Waals surface area contributed by atoms with Gasteiger partial charge in [-0.2, -0.15) is 0 Å². The summed E-state index contributed by atoms with van der Waals surface area (Å²) >= 11 is 0. The summed E-state index contributed by atoms with van der Waals surface area (Å²) < 4.78 is 0. The SMILES string of the molecule is CN(CC(=O)N[C@@H]1C=CCCC1)Cc1cccnc1. The van der Waals surface area contributed by atoms with Crippen molar-refractivity contribution in [1.82, 2.24) is 15.2 Å². The minimum atomic E-state index is 0.0861. The summed E-state index contributed by atoms with van der Waals surface area (Å²) in [4.78, 5) is 18.0. The smallest absolute Gasteiger partial charge is 0.234 e. The van der Waals surface area contributed by atoms with Crippen LogP contribution >= 0.6 is 0 Å². The normalized spacial score (nSPS) is 18.5. The Hall–Kier alpha value is -1.68. The summed E-state index contributed by atoms with van der Waals surface area (Å²) in [7, 11) is 1.95. The molecule has 0 aromatic carbocycles. The molecule has 1 aliphatic rings. The van der Waals surface area contributed by atoms with E-state index in [-0.39, 0.29) is 11.9 Å². The largest absolute Gasteiger partial charge is 0.349 e. The van der Waals surface area contributed by atoms with Crippen LogP contribution < -0.4 is 5.32 Å². The van der Waals surface area contributed by atoms with Gasteiger partial charge in [-0.3, -0.25) is 14.7 Å². The van der Waals surface area contributed by atoms with Crippen molar-refractivity contribution >= 4 is 5.91 Å². The van der Waals surface area contributed by atoms with Gasteiger partial charge in [-0.25, -0.2) is 0 Å². The number of hydrogen-bond donors (Lipinski definition) is 1. The monoisotopic (exact) mass is 259 g/mol. The molecule has 0 unspecified atom stereocenters. The van der Waals surface area contributed by atoms with E-state index in [9.17, 15) is 4.79 Å². The van der Waals surface area contributed by atoms with E-state index in [1.165, 1.54) is 0 Å². The quantitative estimate of drug-likeness (QED) is 0.819. The van der Waals surface area contributed by atoms with Crippen LogP contribution in [0.4, 0.5) is 0 Å². The highest BCUT2D eigenvalue weighted by molar-refractivity contribution is 5.78. The summed E-state index contributed by atoms with van der Waals surface area (Å²) in [6, 6.07) is 4.15. The van der Waals surface area contributed by atoms with Gasteiger partial charge in [-0.05, 0) is 37.9 Å². The van der Waals surface area contributed by atoms with E-state index in [4.69, 9.17) is 0 Å². The lowest BCUT2D eigenvalue weighted by Gasteiger charge is -2.21. The summed E-state index contributed by atoms with van der Waals surface area (Å²) in [5, 5.41) is 3.05. The number of carbonyl (C=O) groups excluding carboxylic acids is 1. The van der Waals surface area contributed by atoms with Gasteiger partial charge in [-0.15, -0.1) is 0 Å². The summed E-state index contributed by atoms with van der Waals surface area (Å²) in [5.41, 5.74) is 1.12. The second kappa shape index (κ2) is 7.04. The Kier molecular flexibility index (Phi) is 5.10. The first-order valence-corrected chi connectivity index (χ1v) is 6.77. The lowest BCUT2D eigenvalue weighted by Crippen LogP contribution is -2.40. The molecular weight excluding hydrogens is 238 g/mol. The Morgan fingerprint density at radius 1 is 1.58 bits per heavy atom. The highest BCUT2D eigenvalue weighted by Crippen LogP contribution is 2.10. The highest BCUT2D eigenvalue weighted by atomic mass is 16.2. The maximum atomic E-state index is 11.9. The van der Waals surface area contributed by atoms with Crippen molar-refractivity contribution in [3.63, 3.8) is 0 Å². The minimum absolute atomic E-state index is 0.0861. The third kappa shape index (κ3) is 4.83. The van der Waals surface area contributed by atoms with Gasteiger partial charge < -0.3 is 5.32 Å². The first kappa shape index (κ1) is 13.7. The number of likely N-dealkylation sites (N-methyl/N-ethyl adjacent to an activating group) is 1. The van der Waals surface area contributed by atoms with Gasteiger partial charge in [-0.1, -0.05) is 18.2 Å². The average Bonchev–Trinajstić information content (AvgIpc) is 2.40. The van der Waals surface area contributed by atoms with Gasteiger partial charge in [0.25, 0.3) is 0 Å². The van der Waals surface area contributed by atoms with Crippen LogP contribution in [0.15, 0.2) is 36.7 Å². The Bertz CT molecular complexity index is 430. The molecule has 0 saturated heterocycles. The van der Waals surface area contributed by atoms with Crippen LogP contribution in [0.25, 0.3) is 0 Å². The van der Waals surface area contributed by atoms with Crippen LogP contribution in [0.3, 0.4) is 0 Å². The van der Waals surface area contributed by atoms with Crippen LogP contribution in [0, 0.1) is 0 Å². The van der Waals surface area contributed by atoms with E-state index in [0.717, 1.165) is 31.4 Å². The molecule has 0 fully saturated rings. The van der Waals surface area contributed by atoms with Gasteiger partial charge >= 0.3 is 0 Å². The number of carbonyl (C=O) groups is 1. The number of allylic oxidation sites excluding steroid dienone is 1. The second-order valence-electron chi connectivity index (χ2n) is 5.07. The number of aromatic nitrogens is 1. The van der Waals surface area contributed by atoms with Crippen LogP contribution in [0.2, 0.25) is 0 Å². The Balaban J connectivity index is 1.75. The zero-order valence-electron chi connectivity index (χ0n) is 11.4. The van der Waals surface area contributed by atoms with Crippen LogP contribution in [0.1, 0.15) is 24.8 Å². The Morgan fingerprint density at radius 3 is 3.16 bits per heavy atom. The third-order valence-corrected chi connectivity index (χ3v) is 3.19. The molecule has 1 aliphatic carbocycles. The van der Waals surface area contributed by atoms with E-state index < -0.39 is 0 Å². The van der Waals surface area contributed by atoms with Crippen molar-refractivity contribution in [3.8, 4) is 0 Å². The molecule has 2 rings (SSSR count). The summed E-state index contributed by atoms with van der Waals surface area (Å²) in [5.74, 6) is 0.0861. The third-order valence-electron chi connectivity index (χ3n) is 3.19. The number of amides is 1. The van der Waals surface area contributed by atoms with Crippen LogP contribution in [-0.2, 0) is 11.3 Å². The lowest BCUT2D eigenvalue weighted by molar-refractivity contribution is -0.122. The molecule has 0 radical (unpaired) electrons. The fourth-order valence-electron chi connectivity index (χ4n) is 2.29. The fraction of sp³-hybridized carbons (Fsp3) is 0.467. The maximum Gasteiger partial charge on any atom is 0.234 e. The molecule has 0 bridgehead atoms. The van der Waals surface area contributed by atoms with E-state index >= 15 is 0 Å². The fourth-order valence-corrected chi connectivity index (χ4v) is 2.29. The van der Waals surface area contributed by atoms with Gasteiger partial charge in [0.2, 0.25) is 5.91 Å². The molecule has 0 aliphatic heterocycles. The maximum absolute atomic E-state index is 11.9. The number of nitrogens with zero attached hydrogens (tertiary/aromatic N) is 2. The van der Waals surface area contributed by atoms with Crippen molar-refractivity contribution in [2.24, 2.45) is 0 Å². The molecule has 102 valence electrons. The van der Waals surface area contributed by atoms with E-state index in [1.54, 1.807) is 6.20 Å².